The number of aliphatic hydroxyl groups is 2. The summed E-state index contributed by atoms with van der Waals surface area (Å²) in [6, 6.07) is 4.94. The minimum Gasteiger partial charge on any atom is -0.508 e. The molecule has 244 valence electrons. The summed E-state index contributed by atoms with van der Waals surface area (Å²) in [5.41, 5.74) is 0.718. The molecule has 0 spiro atoms. The molecule has 11 nitrogen and oxygen atoms in total. The molecule has 1 saturated heterocycles. The number of aliphatic hydroxyl groups excluding tert-OH is 2. The van der Waals surface area contributed by atoms with E-state index in [-0.39, 0.29) is 35.3 Å². The van der Waals surface area contributed by atoms with Gasteiger partial charge in [0.25, 0.3) is 5.91 Å². The average molecular weight is 636 g/mol. The van der Waals surface area contributed by atoms with Crippen LogP contribution in [0.2, 0.25) is 0 Å². The fourth-order valence-electron chi connectivity index (χ4n) is 6.09. The number of methoxy groups -OCH3 is 2. The van der Waals surface area contributed by atoms with Crippen LogP contribution in [-0.4, -0.2) is 89.4 Å². The Labute approximate surface area is 262 Å². The van der Waals surface area contributed by atoms with Crippen LogP contribution in [-0.2, 0) is 36.6 Å². The number of amides is 1. The summed E-state index contributed by atoms with van der Waals surface area (Å²) in [5, 5.41) is 47.2. The molecule has 2 aliphatic heterocycles. The van der Waals surface area contributed by atoms with E-state index in [0.717, 1.165) is 17.4 Å². The van der Waals surface area contributed by atoms with Crippen LogP contribution in [0, 0.1) is 18.3 Å². The molecule has 0 aliphatic carbocycles. The lowest BCUT2D eigenvalue weighted by atomic mass is 9.75. The zero-order chi connectivity index (χ0) is 32.3. The number of nitrogens with one attached hydrogen (secondary N) is 1. The number of benzene rings is 1. The predicted molar refractivity (Wildman–Crippen MR) is 163 cm³/mol. The van der Waals surface area contributed by atoms with E-state index in [0.29, 0.717) is 24.0 Å². The van der Waals surface area contributed by atoms with Crippen LogP contribution in [0.5, 0.6) is 11.5 Å². The van der Waals surface area contributed by atoms with E-state index in [1.807, 2.05) is 17.5 Å². The monoisotopic (exact) mass is 635 g/mol. The minimum atomic E-state index is -1.42. The largest absolute Gasteiger partial charge is 0.508 e. The van der Waals surface area contributed by atoms with Gasteiger partial charge in [-0.3, -0.25) is 4.79 Å². The smallest absolute Gasteiger partial charge is 0.342 e. The molecular weight excluding hydrogens is 590 g/mol. The third kappa shape index (κ3) is 7.38. The van der Waals surface area contributed by atoms with Gasteiger partial charge in [-0.25, -0.2) is 4.79 Å². The first-order valence-corrected chi connectivity index (χ1v) is 15.8. The Hall–Kier alpha value is -2.74. The summed E-state index contributed by atoms with van der Waals surface area (Å²) in [5.74, 6) is -2.27. The summed E-state index contributed by atoms with van der Waals surface area (Å²) in [7, 11) is 2.91. The van der Waals surface area contributed by atoms with Gasteiger partial charge >= 0.3 is 5.97 Å². The number of cyclic esters (lactones) is 1. The molecule has 4 rings (SSSR count). The highest BCUT2D eigenvalue weighted by Gasteiger charge is 2.44. The molecule has 8 atom stereocenters. The van der Waals surface area contributed by atoms with Crippen molar-refractivity contribution in [1.82, 2.24) is 5.32 Å². The molecule has 0 radical (unpaired) electrons. The van der Waals surface area contributed by atoms with E-state index in [1.165, 1.54) is 25.6 Å². The Morgan fingerprint density at radius 1 is 1.18 bits per heavy atom. The molecule has 2 aromatic rings. The summed E-state index contributed by atoms with van der Waals surface area (Å²) in [6.07, 6.45) is -3.40. The van der Waals surface area contributed by atoms with Crippen LogP contribution in [0.15, 0.2) is 23.6 Å². The number of hydrogen-bond donors (Lipinski definition) is 5. The van der Waals surface area contributed by atoms with Crippen LogP contribution in [0.25, 0.3) is 0 Å². The van der Waals surface area contributed by atoms with Crippen molar-refractivity contribution in [2.24, 2.45) is 11.3 Å². The maximum absolute atomic E-state index is 13.0. The predicted octanol–water partition coefficient (Wildman–Crippen LogP) is 3.22. The number of thiophene rings is 1. The number of aromatic hydroxyl groups is 2. The quantitative estimate of drug-likeness (QED) is 0.173. The van der Waals surface area contributed by atoms with Crippen molar-refractivity contribution in [2.45, 2.75) is 103 Å². The molecular formula is C32H45NO10S. The number of ether oxygens (including phenoxy) is 4. The Morgan fingerprint density at radius 3 is 2.55 bits per heavy atom. The molecule has 44 heavy (non-hydrogen) atoms. The topological polar surface area (TPSA) is 164 Å². The lowest BCUT2D eigenvalue weighted by Crippen LogP contribution is -2.55. The lowest BCUT2D eigenvalue weighted by Gasteiger charge is -2.45. The first-order valence-electron chi connectivity index (χ1n) is 14.9. The van der Waals surface area contributed by atoms with Crippen LogP contribution in [0.3, 0.4) is 0 Å². The number of esters is 1. The van der Waals surface area contributed by atoms with E-state index in [1.54, 1.807) is 13.8 Å². The Balaban J connectivity index is 1.40. The van der Waals surface area contributed by atoms with Gasteiger partial charge < -0.3 is 44.7 Å². The third-order valence-corrected chi connectivity index (χ3v) is 10.1. The molecule has 1 aromatic heterocycles. The molecule has 5 N–H and O–H groups in total. The van der Waals surface area contributed by atoms with Crippen LogP contribution in [0.1, 0.15) is 66.4 Å². The van der Waals surface area contributed by atoms with Gasteiger partial charge in [-0.15, -0.1) is 11.3 Å². The van der Waals surface area contributed by atoms with Gasteiger partial charge in [0.05, 0.1) is 18.3 Å². The summed E-state index contributed by atoms with van der Waals surface area (Å²) >= 11 is 1.52. The summed E-state index contributed by atoms with van der Waals surface area (Å²) in [6.45, 7) is 7.57. The van der Waals surface area contributed by atoms with Crippen molar-refractivity contribution >= 4 is 23.2 Å². The van der Waals surface area contributed by atoms with Crippen molar-refractivity contribution in [2.75, 3.05) is 14.2 Å². The molecule has 0 unspecified atom stereocenters. The van der Waals surface area contributed by atoms with E-state index in [9.17, 15) is 30.0 Å². The van der Waals surface area contributed by atoms with Gasteiger partial charge in [0.15, 0.2) is 12.3 Å². The highest BCUT2D eigenvalue weighted by atomic mass is 32.1. The van der Waals surface area contributed by atoms with Gasteiger partial charge in [0.2, 0.25) is 0 Å². The second-order valence-corrected chi connectivity index (χ2v) is 13.6. The van der Waals surface area contributed by atoms with Gasteiger partial charge in [0, 0.05) is 50.3 Å². The zero-order valence-electron chi connectivity index (χ0n) is 26.1. The maximum atomic E-state index is 13.0. The highest BCUT2D eigenvalue weighted by Crippen LogP contribution is 2.41. The molecule has 0 saturated carbocycles. The molecule has 12 heteroatoms. The molecule has 2 aliphatic rings. The van der Waals surface area contributed by atoms with Gasteiger partial charge in [-0.2, -0.15) is 0 Å². The number of phenols is 2. The van der Waals surface area contributed by atoms with Crippen LogP contribution < -0.4 is 5.32 Å². The average Bonchev–Trinajstić information content (AvgIpc) is 3.50. The van der Waals surface area contributed by atoms with E-state index in [2.05, 4.69) is 19.2 Å². The Bertz CT molecular complexity index is 1300. The van der Waals surface area contributed by atoms with Crippen LogP contribution >= 0.6 is 11.3 Å². The molecule has 0 bridgehead atoms. The Morgan fingerprint density at radius 2 is 1.91 bits per heavy atom. The second-order valence-electron chi connectivity index (χ2n) is 12.6. The van der Waals surface area contributed by atoms with Crippen molar-refractivity contribution in [3.8, 4) is 11.5 Å². The first kappa shape index (κ1) is 34.1. The molecule has 1 amide bonds. The zero-order valence-corrected chi connectivity index (χ0v) is 26.9. The number of carbonyl (C=O) groups excluding carboxylic acids is 2. The second kappa shape index (κ2) is 14.1. The Kier molecular flexibility index (Phi) is 11.0. The summed E-state index contributed by atoms with van der Waals surface area (Å²) in [4.78, 5) is 26.8. The molecule has 3 heterocycles. The molecule has 1 aromatic carbocycles. The number of phenolic OH excluding ortho intramolecular Hbond substituents is 2. The normalized spacial score (nSPS) is 24.8. The minimum absolute atomic E-state index is 0.0407. The van der Waals surface area contributed by atoms with Gasteiger partial charge in [0.1, 0.15) is 29.3 Å². The maximum Gasteiger partial charge on any atom is 0.342 e. The standard InChI is InChI=1S/C32H45NO10S/c1-16-19-13-24(43-31(39)27(19)22(36)14-20(16)34)17(2)21(35)15-26-32(3,4)10-9-23(42-26)30(41-6)33-29(38)28(37)25(40-5)12-18-8-7-11-44-18/h7-8,11,14,17,21,23-26,28,30,34-37H,9-10,12-13,15H2,1-6H3,(H,33,38)/t17-,21+,23+,24-,25+,26-,28+,30+/m1/s1. The number of hydrogen-bond acceptors (Lipinski definition) is 11. The van der Waals surface area contributed by atoms with Gasteiger partial charge in [-0.05, 0) is 47.8 Å². The SMILES string of the molecule is CO[C@@H](Cc1cccs1)[C@H](O)C(=O)N[C@@H](OC)[C@@H]1CCC(C)(C)[C@@H](C[C@H](O)[C@@H](C)[C@H]2Cc3c(C)c(O)cc(O)c3C(=O)O2)O1. The van der Waals surface area contributed by atoms with Crippen molar-refractivity contribution in [1.29, 1.82) is 0 Å². The van der Waals surface area contributed by atoms with E-state index < -0.39 is 60.6 Å². The van der Waals surface area contributed by atoms with Crippen LogP contribution in [0.4, 0.5) is 0 Å². The summed E-state index contributed by atoms with van der Waals surface area (Å²) < 4.78 is 23.1. The van der Waals surface area contributed by atoms with Crippen molar-refractivity contribution in [3.63, 3.8) is 0 Å². The van der Waals surface area contributed by atoms with Crippen molar-refractivity contribution < 1.29 is 49.0 Å². The number of carbonyl (C=O) groups is 2. The fourth-order valence-corrected chi connectivity index (χ4v) is 6.84. The fraction of sp³-hybridized carbons (Fsp3) is 0.625. The highest BCUT2D eigenvalue weighted by molar-refractivity contribution is 7.09. The van der Waals surface area contributed by atoms with E-state index >= 15 is 0 Å². The third-order valence-electron chi connectivity index (χ3n) is 9.25. The number of fused-ring (bicyclic) bond motifs is 1. The lowest BCUT2D eigenvalue weighted by molar-refractivity contribution is -0.183. The first-order chi connectivity index (χ1) is 20.8. The number of rotatable bonds is 12. The van der Waals surface area contributed by atoms with Gasteiger partial charge in [-0.1, -0.05) is 26.8 Å². The van der Waals surface area contributed by atoms with Crippen molar-refractivity contribution in [3.05, 3.63) is 45.1 Å². The van der Waals surface area contributed by atoms with E-state index in [4.69, 9.17) is 18.9 Å². The molecule has 1 fully saturated rings.